The molecule has 3 rings (SSSR count). The second kappa shape index (κ2) is 9.26. The van der Waals surface area contributed by atoms with Crippen LogP contribution in [0.2, 0.25) is 0 Å². The highest BCUT2D eigenvalue weighted by Crippen LogP contribution is 2.26. The highest BCUT2D eigenvalue weighted by atomic mass is 19.4. The molecule has 0 spiro atoms. The van der Waals surface area contributed by atoms with Gasteiger partial charge in [0.15, 0.2) is 0 Å². The molecule has 1 unspecified atom stereocenters. The lowest BCUT2D eigenvalue weighted by molar-refractivity contribution is -0.139. The van der Waals surface area contributed by atoms with E-state index in [1.807, 2.05) is 18.2 Å². The van der Waals surface area contributed by atoms with Crippen molar-refractivity contribution in [2.24, 2.45) is 0 Å². The van der Waals surface area contributed by atoms with Gasteiger partial charge in [-0.3, -0.25) is 14.5 Å². The van der Waals surface area contributed by atoms with Crippen molar-refractivity contribution in [3.05, 3.63) is 70.1 Å². The van der Waals surface area contributed by atoms with Crippen LogP contribution in [0.5, 0.6) is 0 Å². The van der Waals surface area contributed by atoms with Crippen molar-refractivity contribution in [2.45, 2.75) is 44.6 Å². The molecular formula is C21H24F3N3O2. The maximum Gasteiger partial charge on any atom is 0.421 e. The molecule has 1 aromatic heterocycles. The standard InChI is InChI=1S/C21H24F3N3O2/c22-21(23,24)18-10-6-12-27(20(18)29)15-19(28)25-13-17-9-4-5-11-26(17)14-16-7-2-1-3-8-16/h1-3,6-8,10,12,17H,4-5,9,11,13-15H2,(H,25,28). The van der Waals surface area contributed by atoms with Gasteiger partial charge in [-0.15, -0.1) is 0 Å². The molecule has 1 amide bonds. The van der Waals surface area contributed by atoms with Crippen LogP contribution < -0.4 is 10.9 Å². The molecule has 5 nitrogen and oxygen atoms in total. The van der Waals surface area contributed by atoms with Gasteiger partial charge < -0.3 is 9.88 Å². The van der Waals surface area contributed by atoms with Gasteiger partial charge in [-0.05, 0) is 37.1 Å². The summed E-state index contributed by atoms with van der Waals surface area (Å²) in [5.41, 5.74) is -1.28. The molecule has 1 N–H and O–H groups in total. The first-order valence-corrected chi connectivity index (χ1v) is 9.66. The number of hydrogen-bond acceptors (Lipinski definition) is 3. The minimum absolute atomic E-state index is 0.158. The quantitative estimate of drug-likeness (QED) is 0.801. The number of carbonyl (C=O) groups excluding carboxylic acids is 1. The summed E-state index contributed by atoms with van der Waals surface area (Å²) in [5.74, 6) is -0.475. The third-order valence-electron chi connectivity index (χ3n) is 5.15. The number of nitrogens with zero attached hydrogens (tertiary/aromatic N) is 2. The third-order valence-corrected chi connectivity index (χ3v) is 5.15. The molecule has 8 heteroatoms. The number of nitrogens with one attached hydrogen (secondary N) is 1. The number of rotatable bonds is 6. The summed E-state index contributed by atoms with van der Waals surface area (Å²) in [5, 5.41) is 2.78. The van der Waals surface area contributed by atoms with Crippen LogP contribution in [0.25, 0.3) is 0 Å². The Morgan fingerprint density at radius 3 is 2.59 bits per heavy atom. The second-order valence-electron chi connectivity index (χ2n) is 7.26. The number of aromatic nitrogens is 1. The van der Waals surface area contributed by atoms with E-state index in [1.54, 1.807) is 0 Å². The van der Waals surface area contributed by atoms with Crippen molar-refractivity contribution >= 4 is 5.91 Å². The van der Waals surface area contributed by atoms with Crippen LogP contribution in [-0.2, 0) is 24.1 Å². The summed E-state index contributed by atoms with van der Waals surface area (Å²) in [6, 6.07) is 12.1. The van der Waals surface area contributed by atoms with Gasteiger partial charge in [0.05, 0.1) is 0 Å². The molecule has 156 valence electrons. The molecule has 1 aliphatic heterocycles. The minimum Gasteiger partial charge on any atom is -0.353 e. The first kappa shape index (κ1) is 21.1. The largest absolute Gasteiger partial charge is 0.421 e. The van der Waals surface area contributed by atoms with Gasteiger partial charge >= 0.3 is 6.18 Å². The van der Waals surface area contributed by atoms with E-state index in [-0.39, 0.29) is 6.04 Å². The van der Waals surface area contributed by atoms with Crippen LogP contribution in [0.3, 0.4) is 0 Å². The number of carbonyl (C=O) groups is 1. The van der Waals surface area contributed by atoms with Crippen molar-refractivity contribution in [3.63, 3.8) is 0 Å². The van der Waals surface area contributed by atoms with Crippen molar-refractivity contribution in [2.75, 3.05) is 13.1 Å². The fourth-order valence-electron chi connectivity index (χ4n) is 3.64. The fourth-order valence-corrected chi connectivity index (χ4v) is 3.64. The topological polar surface area (TPSA) is 54.3 Å². The van der Waals surface area contributed by atoms with E-state index in [1.165, 1.54) is 11.8 Å². The Balaban J connectivity index is 1.59. The normalized spacial score (nSPS) is 17.8. The Bertz CT molecular complexity index is 881. The predicted octanol–water partition coefficient (Wildman–Crippen LogP) is 3.04. The zero-order valence-corrected chi connectivity index (χ0v) is 16.0. The molecule has 2 aromatic rings. The smallest absolute Gasteiger partial charge is 0.353 e. The van der Waals surface area contributed by atoms with Gasteiger partial charge in [0, 0.05) is 25.3 Å². The zero-order chi connectivity index (χ0) is 20.9. The number of amides is 1. The van der Waals surface area contributed by atoms with Crippen molar-refractivity contribution in [1.82, 2.24) is 14.8 Å². The number of alkyl halides is 3. The highest BCUT2D eigenvalue weighted by Gasteiger charge is 2.34. The van der Waals surface area contributed by atoms with E-state index >= 15 is 0 Å². The molecule has 0 radical (unpaired) electrons. The number of benzene rings is 1. The van der Waals surface area contributed by atoms with E-state index in [9.17, 15) is 22.8 Å². The molecule has 1 aromatic carbocycles. The summed E-state index contributed by atoms with van der Waals surface area (Å²) in [6.45, 7) is 1.69. The maximum atomic E-state index is 12.9. The van der Waals surface area contributed by atoms with Crippen LogP contribution >= 0.6 is 0 Å². The minimum atomic E-state index is -4.74. The van der Waals surface area contributed by atoms with E-state index in [0.717, 1.165) is 49.1 Å². The first-order valence-electron chi connectivity index (χ1n) is 9.66. The summed E-state index contributed by atoms with van der Waals surface area (Å²) in [4.78, 5) is 26.5. The first-order chi connectivity index (χ1) is 13.8. The summed E-state index contributed by atoms with van der Waals surface area (Å²) in [7, 11) is 0. The second-order valence-corrected chi connectivity index (χ2v) is 7.26. The van der Waals surface area contributed by atoms with Gasteiger partial charge in [-0.25, -0.2) is 0 Å². The van der Waals surface area contributed by atoms with Crippen LogP contribution in [0.4, 0.5) is 13.2 Å². The third kappa shape index (κ3) is 5.69. The lowest BCUT2D eigenvalue weighted by atomic mass is 10.0. The molecule has 0 aliphatic carbocycles. The molecule has 29 heavy (non-hydrogen) atoms. The van der Waals surface area contributed by atoms with Gasteiger partial charge in [-0.1, -0.05) is 36.8 Å². The zero-order valence-electron chi connectivity index (χ0n) is 16.0. The number of likely N-dealkylation sites (tertiary alicyclic amines) is 1. The Hall–Kier alpha value is -2.61. The molecule has 1 atom stereocenters. The van der Waals surface area contributed by atoms with Gasteiger partial charge in [-0.2, -0.15) is 13.2 Å². The molecule has 1 saturated heterocycles. The van der Waals surface area contributed by atoms with Crippen molar-refractivity contribution in [3.8, 4) is 0 Å². The molecule has 1 fully saturated rings. The number of hydrogen-bond donors (Lipinski definition) is 1. The Morgan fingerprint density at radius 1 is 1.10 bits per heavy atom. The van der Waals surface area contributed by atoms with Crippen molar-refractivity contribution in [1.29, 1.82) is 0 Å². The van der Waals surface area contributed by atoms with E-state index in [4.69, 9.17) is 0 Å². The summed E-state index contributed by atoms with van der Waals surface area (Å²) in [6.07, 6.45) is -0.442. The van der Waals surface area contributed by atoms with Gasteiger partial charge in [0.1, 0.15) is 12.1 Å². The SMILES string of the molecule is O=C(Cn1cccc(C(F)(F)F)c1=O)NCC1CCCCN1Cc1ccccc1. The maximum absolute atomic E-state index is 12.9. The lowest BCUT2D eigenvalue weighted by Gasteiger charge is -2.36. The monoisotopic (exact) mass is 407 g/mol. The van der Waals surface area contributed by atoms with Gasteiger partial charge in [0.2, 0.25) is 5.91 Å². The van der Waals surface area contributed by atoms with Gasteiger partial charge in [0.25, 0.3) is 5.56 Å². The van der Waals surface area contributed by atoms with E-state index < -0.39 is 29.8 Å². The average Bonchev–Trinajstić information content (AvgIpc) is 2.69. The summed E-state index contributed by atoms with van der Waals surface area (Å²) >= 11 is 0. The fraction of sp³-hybridized carbons (Fsp3) is 0.429. The van der Waals surface area contributed by atoms with Crippen molar-refractivity contribution < 1.29 is 18.0 Å². The van der Waals surface area contributed by atoms with Crippen LogP contribution in [0, 0.1) is 0 Å². The summed E-state index contributed by atoms with van der Waals surface area (Å²) < 4.78 is 39.4. The van der Waals surface area contributed by atoms with E-state index in [2.05, 4.69) is 22.3 Å². The van der Waals surface area contributed by atoms with Crippen LogP contribution in [0.1, 0.15) is 30.4 Å². The molecule has 2 heterocycles. The molecule has 1 aliphatic rings. The molecular weight excluding hydrogens is 383 g/mol. The van der Waals surface area contributed by atoms with Crippen LogP contribution in [-0.4, -0.2) is 34.5 Å². The predicted molar refractivity (Wildman–Crippen MR) is 103 cm³/mol. The highest BCUT2D eigenvalue weighted by molar-refractivity contribution is 5.75. The number of piperidine rings is 1. The molecule has 0 bridgehead atoms. The lowest BCUT2D eigenvalue weighted by Crippen LogP contribution is -2.47. The Kier molecular flexibility index (Phi) is 6.74. The van der Waals surface area contributed by atoms with Crippen LogP contribution in [0.15, 0.2) is 53.5 Å². The average molecular weight is 407 g/mol. The Morgan fingerprint density at radius 2 is 1.86 bits per heavy atom. The number of pyridine rings is 1. The Labute approximate surface area is 167 Å². The molecule has 0 saturated carbocycles. The van der Waals surface area contributed by atoms with E-state index in [0.29, 0.717) is 6.54 Å². The number of halogens is 3.